The van der Waals surface area contributed by atoms with E-state index in [0.717, 1.165) is 16.7 Å². The van der Waals surface area contributed by atoms with Gasteiger partial charge in [-0.3, -0.25) is 0 Å². The van der Waals surface area contributed by atoms with Gasteiger partial charge < -0.3 is 0 Å². The SMILES string of the molecule is c1ccc(-c2nc(-c3ccccc3)nc(-c3cc4c5c(c3)sc3ccc6cccc(c6c35)-c3ccccc3-4)n2)cc1. The van der Waals surface area contributed by atoms with Crippen LogP contribution in [0.5, 0.6) is 0 Å². The number of hydrogen-bond acceptors (Lipinski definition) is 4. The minimum absolute atomic E-state index is 0.672. The van der Waals surface area contributed by atoms with Crippen molar-refractivity contribution in [2.75, 3.05) is 0 Å². The van der Waals surface area contributed by atoms with Crippen molar-refractivity contribution in [2.24, 2.45) is 0 Å². The number of hydrogen-bond donors (Lipinski definition) is 0. The Kier molecular flexibility index (Phi) is 4.77. The second-order valence-corrected chi connectivity index (χ2v) is 11.5. The Labute approximate surface area is 240 Å². The van der Waals surface area contributed by atoms with Crippen LogP contribution in [-0.4, -0.2) is 15.0 Å². The summed E-state index contributed by atoms with van der Waals surface area (Å²) < 4.78 is 2.55. The third kappa shape index (κ3) is 3.41. The molecular weight excluding hydrogens is 518 g/mol. The number of benzene rings is 6. The van der Waals surface area contributed by atoms with Crippen molar-refractivity contribution in [1.29, 1.82) is 0 Å². The zero-order valence-electron chi connectivity index (χ0n) is 21.9. The van der Waals surface area contributed by atoms with Gasteiger partial charge >= 0.3 is 0 Å². The summed E-state index contributed by atoms with van der Waals surface area (Å²) in [6.07, 6.45) is 0. The van der Waals surface area contributed by atoms with Crippen molar-refractivity contribution < 1.29 is 0 Å². The van der Waals surface area contributed by atoms with Gasteiger partial charge in [0.1, 0.15) is 0 Å². The Morgan fingerprint density at radius 2 is 0.951 bits per heavy atom. The van der Waals surface area contributed by atoms with Crippen molar-refractivity contribution in [3.63, 3.8) is 0 Å². The summed E-state index contributed by atoms with van der Waals surface area (Å²) in [5, 5.41) is 5.28. The second kappa shape index (κ2) is 8.65. The lowest BCUT2D eigenvalue weighted by atomic mass is 9.93. The Morgan fingerprint density at radius 3 is 1.63 bits per heavy atom. The molecule has 0 amide bonds. The number of thiophene rings is 1. The van der Waals surface area contributed by atoms with Crippen molar-refractivity contribution in [1.82, 2.24) is 15.0 Å². The largest absolute Gasteiger partial charge is 0.208 e. The first kappa shape index (κ1) is 22.6. The van der Waals surface area contributed by atoms with Crippen molar-refractivity contribution in [3.05, 3.63) is 127 Å². The summed E-state index contributed by atoms with van der Waals surface area (Å²) in [5.74, 6) is 2.02. The molecule has 0 spiro atoms. The van der Waals surface area contributed by atoms with E-state index in [1.165, 1.54) is 53.2 Å². The van der Waals surface area contributed by atoms with Gasteiger partial charge in [0.15, 0.2) is 17.5 Å². The molecule has 0 saturated heterocycles. The first-order valence-electron chi connectivity index (χ1n) is 13.7. The summed E-state index contributed by atoms with van der Waals surface area (Å²) in [6, 6.07) is 44.9. The maximum Gasteiger partial charge on any atom is 0.164 e. The highest BCUT2D eigenvalue weighted by Gasteiger charge is 2.24. The van der Waals surface area contributed by atoms with E-state index in [0.29, 0.717) is 17.5 Å². The van der Waals surface area contributed by atoms with Crippen molar-refractivity contribution >= 4 is 42.3 Å². The maximum atomic E-state index is 5.05. The molecule has 41 heavy (non-hydrogen) atoms. The maximum absolute atomic E-state index is 5.05. The summed E-state index contributed by atoms with van der Waals surface area (Å²) in [5.41, 5.74) is 7.95. The fraction of sp³-hybridized carbons (Fsp3) is 0. The van der Waals surface area contributed by atoms with Gasteiger partial charge in [-0.25, -0.2) is 15.0 Å². The molecule has 1 aliphatic rings. The lowest BCUT2D eigenvalue weighted by Crippen LogP contribution is -2.00. The summed E-state index contributed by atoms with van der Waals surface area (Å²) >= 11 is 1.85. The zero-order valence-corrected chi connectivity index (χ0v) is 22.7. The molecule has 0 radical (unpaired) electrons. The van der Waals surface area contributed by atoms with Gasteiger partial charge in [-0.2, -0.15) is 0 Å². The highest BCUT2D eigenvalue weighted by atomic mass is 32.1. The topological polar surface area (TPSA) is 38.7 Å². The van der Waals surface area contributed by atoms with Crippen molar-refractivity contribution in [2.45, 2.75) is 0 Å². The first-order valence-corrected chi connectivity index (χ1v) is 14.5. The molecule has 190 valence electrons. The monoisotopic (exact) mass is 539 g/mol. The predicted octanol–water partition coefficient (Wildman–Crippen LogP) is 10.0. The Bertz CT molecular complexity index is 2250. The van der Waals surface area contributed by atoms with Crippen LogP contribution in [0.1, 0.15) is 0 Å². The molecule has 9 rings (SSSR count). The Hall–Kier alpha value is -5.19. The van der Waals surface area contributed by atoms with Gasteiger partial charge in [-0.1, -0.05) is 109 Å². The first-order chi connectivity index (χ1) is 20.3. The summed E-state index contributed by atoms with van der Waals surface area (Å²) in [7, 11) is 0. The predicted molar refractivity (Wildman–Crippen MR) is 171 cm³/mol. The minimum atomic E-state index is 0.672. The van der Waals surface area contributed by atoms with E-state index in [4.69, 9.17) is 15.0 Å². The van der Waals surface area contributed by atoms with Crippen LogP contribution < -0.4 is 0 Å². The Balaban J connectivity index is 1.38. The van der Waals surface area contributed by atoms with Crippen LogP contribution >= 0.6 is 11.3 Å². The van der Waals surface area contributed by atoms with Crippen LogP contribution in [0.25, 0.3) is 87.4 Å². The average molecular weight is 540 g/mol. The second-order valence-electron chi connectivity index (χ2n) is 10.4. The van der Waals surface area contributed by atoms with Gasteiger partial charge in [-0.15, -0.1) is 11.3 Å². The number of rotatable bonds is 3. The summed E-state index contributed by atoms with van der Waals surface area (Å²) in [6.45, 7) is 0. The van der Waals surface area contributed by atoms with E-state index in [9.17, 15) is 0 Å². The molecule has 0 fully saturated rings. The molecule has 0 bridgehead atoms. The smallest absolute Gasteiger partial charge is 0.164 e. The van der Waals surface area contributed by atoms with E-state index in [-0.39, 0.29) is 0 Å². The summed E-state index contributed by atoms with van der Waals surface area (Å²) in [4.78, 5) is 15.0. The van der Waals surface area contributed by atoms with E-state index in [2.05, 4.69) is 91.0 Å². The average Bonchev–Trinajstić information content (AvgIpc) is 3.38. The molecule has 2 heterocycles. The molecule has 0 atom stereocenters. The lowest BCUT2D eigenvalue weighted by Gasteiger charge is -2.13. The van der Waals surface area contributed by atoms with Crippen LogP contribution in [-0.2, 0) is 0 Å². The van der Waals surface area contributed by atoms with Gasteiger partial charge in [0.05, 0.1) is 0 Å². The van der Waals surface area contributed by atoms with Gasteiger partial charge in [0.25, 0.3) is 0 Å². The van der Waals surface area contributed by atoms with Gasteiger partial charge in [-0.05, 0) is 51.2 Å². The standard InChI is InChI=1S/C37H21N3S/c1-3-10-23(11-4-1)35-38-36(24-12-5-2-6-13-24)40-37(39-35)25-20-29-27-16-8-7-15-26(27)28-17-9-14-22-18-19-30-34(32(22)28)33(29)31(21-25)41-30/h1-21H. The van der Waals surface area contributed by atoms with Crippen LogP contribution in [0.2, 0.25) is 0 Å². The third-order valence-corrected chi connectivity index (χ3v) is 9.15. The van der Waals surface area contributed by atoms with Gasteiger partial charge in [0, 0.05) is 36.9 Å². The number of aromatic nitrogens is 3. The van der Waals surface area contributed by atoms with Crippen molar-refractivity contribution in [3.8, 4) is 56.4 Å². The third-order valence-electron chi connectivity index (χ3n) is 8.04. The normalized spacial score (nSPS) is 11.9. The fourth-order valence-electron chi connectivity index (χ4n) is 6.22. The molecule has 8 aromatic rings. The minimum Gasteiger partial charge on any atom is -0.208 e. The van der Waals surface area contributed by atoms with Crippen LogP contribution in [0.15, 0.2) is 127 Å². The zero-order chi connectivity index (χ0) is 26.9. The Morgan fingerprint density at radius 1 is 0.366 bits per heavy atom. The molecule has 0 saturated carbocycles. The highest BCUT2D eigenvalue weighted by molar-refractivity contribution is 7.26. The van der Waals surface area contributed by atoms with E-state index in [1.54, 1.807) is 0 Å². The van der Waals surface area contributed by atoms with Crippen LogP contribution in [0, 0.1) is 0 Å². The quantitative estimate of drug-likeness (QED) is 0.224. The molecule has 4 heteroatoms. The molecule has 0 unspecified atom stereocenters. The molecule has 1 aliphatic carbocycles. The van der Waals surface area contributed by atoms with E-state index < -0.39 is 0 Å². The lowest BCUT2D eigenvalue weighted by molar-refractivity contribution is 1.07. The molecule has 0 aliphatic heterocycles. The highest BCUT2D eigenvalue weighted by Crippen LogP contribution is 2.51. The molecule has 0 N–H and O–H groups in total. The van der Waals surface area contributed by atoms with Gasteiger partial charge in [0.2, 0.25) is 0 Å². The van der Waals surface area contributed by atoms with Crippen LogP contribution in [0.3, 0.4) is 0 Å². The molecular formula is C37H21N3S. The van der Waals surface area contributed by atoms with E-state index >= 15 is 0 Å². The molecule has 3 nitrogen and oxygen atoms in total. The molecule has 6 aromatic carbocycles. The number of fused-ring (bicyclic) bond motifs is 3. The molecule has 2 aromatic heterocycles. The number of nitrogens with zero attached hydrogens (tertiary/aromatic N) is 3. The van der Waals surface area contributed by atoms with E-state index in [1.807, 2.05) is 47.7 Å². The van der Waals surface area contributed by atoms with Crippen LogP contribution in [0.4, 0.5) is 0 Å². The fourth-order valence-corrected chi connectivity index (χ4v) is 7.40.